The van der Waals surface area contributed by atoms with Gasteiger partial charge in [0.1, 0.15) is 11.6 Å². The Morgan fingerprint density at radius 1 is 1.38 bits per heavy atom. The van der Waals surface area contributed by atoms with Crippen LogP contribution in [0.1, 0.15) is 26.7 Å². The number of hydrogen-bond donors (Lipinski definition) is 3. The van der Waals surface area contributed by atoms with Crippen molar-refractivity contribution in [1.29, 1.82) is 0 Å². The Morgan fingerprint density at radius 2 is 2.14 bits per heavy atom. The third-order valence-electron chi connectivity index (χ3n) is 3.64. The fourth-order valence-electron chi connectivity index (χ4n) is 2.46. The molecular weight excluding hydrogens is 271 g/mol. The molecule has 0 unspecified atom stereocenters. The van der Waals surface area contributed by atoms with Gasteiger partial charge in [0, 0.05) is 0 Å². The molecule has 1 heterocycles. The summed E-state index contributed by atoms with van der Waals surface area (Å²) < 4.78 is 14.1. The van der Waals surface area contributed by atoms with Crippen molar-refractivity contribution in [2.24, 2.45) is 5.92 Å². The average molecular weight is 292 g/mol. The van der Waals surface area contributed by atoms with Crippen LogP contribution < -0.4 is 11.1 Å². The van der Waals surface area contributed by atoms with Gasteiger partial charge in [0.15, 0.2) is 0 Å². The molecule has 5 nitrogen and oxygen atoms in total. The zero-order valence-electron chi connectivity index (χ0n) is 12.3. The lowest BCUT2D eigenvalue weighted by Crippen LogP contribution is -2.31. The first-order valence-corrected chi connectivity index (χ1v) is 7.16. The Labute approximate surface area is 123 Å². The van der Waals surface area contributed by atoms with Crippen LogP contribution in [0.25, 0.3) is 10.9 Å². The second kappa shape index (κ2) is 6.67. The van der Waals surface area contributed by atoms with Crippen LogP contribution in [0.5, 0.6) is 0 Å². The fourth-order valence-corrected chi connectivity index (χ4v) is 2.46. The summed E-state index contributed by atoms with van der Waals surface area (Å²) in [6.07, 6.45) is 1.97. The highest BCUT2D eigenvalue weighted by atomic mass is 19.1. The number of rotatable bonds is 6. The van der Waals surface area contributed by atoms with Gasteiger partial charge in [-0.15, -0.1) is 0 Å². The van der Waals surface area contributed by atoms with Crippen LogP contribution in [0, 0.1) is 11.7 Å². The van der Waals surface area contributed by atoms with E-state index in [2.05, 4.69) is 22.2 Å². The largest absolute Gasteiger partial charge is 0.394 e. The first-order valence-electron chi connectivity index (χ1n) is 7.16. The maximum absolute atomic E-state index is 14.1. The molecule has 0 fully saturated rings. The van der Waals surface area contributed by atoms with Crippen molar-refractivity contribution in [3.05, 3.63) is 24.0 Å². The highest BCUT2D eigenvalue weighted by Crippen LogP contribution is 2.26. The lowest BCUT2D eigenvalue weighted by atomic mass is 9.97. The van der Waals surface area contributed by atoms with Crippen LogP contribution in [0.15, 0.2) is 18.2 Å². The summed E-state index contributed by atoms with van der Waals surface area (Å²) in [5.41, 5.74) is 6.13. The number of aromatic nitrogens is 2. The highest BCUT2D eigenvalue weighted by Gasteiger charge is 2.19. The number of hydrogen-bond acceptors (Lipinski definition) is 5. The molecule has 0 aliphatic heterocycles. The summed E-state index contributed by atoms with van der Waals surface area (Å²) >= 11 is 0. The molecule has 4 N–H and O–H groups in total. The summed E-state index contributed by atoms with van der Waals surface area (Å²) in [5.74, 6) is 0.237. The molecule has 6 heteroatoms. The van der Waals surface area contributed by atoms with Crippen molar-refractivity contribution in [3.8, 4) is 0 Å². The number of aliphatic hydroxyl groups excluding tert-OH is 1. The van der Waals surface area contributed by atoms with Crippen LogP contribution in [0.3, 0.4) is 0 Å². The zero-order chi connectivity index (χ0) is 15.4. The van der Waals surface area contributed by atoms with Crippen molar-refractivity contribution >= 4 is 22.7 Å². The predicted molar refractivity (Wildman–Crippen MR) is 82.5 cm³/mol. The van der Waals surface area contributed by atoms with Gasteiger partial charge in [0.25, 0.3) is 0 Å². The number of aliphatic hydroxyl groups is 1. The smallest absolute Gasteiger partial charge is 0.222 e. The summed E-state index contributed by atoms with van der Waals surface area (Å²) in [6, 6.07) is 4.42. The normalized spacial score (nSPS) is 14.1. The van der Waals surface area contributed by atoms with Crippen LogP contribution in [-0.2, 0) is 0 Å². The van der Waals surface area contributed by atoms with Crippen molar-refractivity contribution in [2.45, 2.75) is 32.7 Å². The molecule has 0 aliphatic rings. The van der Waals surface area contributed by atoms with Crippen LogP contribution in [0.4, 0.5) is 16.2 Å². The third-order valence-corrected chi connectivity index (χ3v) is 3.64. The molecule has 0 saturated carbocycles. The first-order chi connectivity index (χ1) is 10.1. The van der Waals surface area contributed by atoms with E-state index in [0.29, 0.717) is 16.7 Å². The molecule has 0 spiro atoms. The second-order valence-corrected chi connectivity index (χ2v) is 5.26. The lowest BCUT2D eigenvalue weighted by molar-refractivity contribution is 0.238. The van der Waals surface area contributed by atoms with Gasteiger partial charge in [-0.1, -0.05) is 26.3 Å². The van der Waals surface area contributed by atoms with Crippen LogP contribution >= 0.6 is 0 Å². The minimum atomic E-state index is -0.408. The molecule has 0 bridgehead atoms. The van der Waals surface area contributed by atoms with Crippen molar-refractivity contribution in [3.63, 3.8) is 0 Å². The molecule has 0 radical (unpaired) electrons. The molecule has 1 aromatic carbocycles. The number of halogens is 1. The van der Waals surface area contributed by atoms with E-state index < -0.39 is 5.82 Å². The van der Waals surface area contributed by atoms with Gasteiger partial charge < -0.3 is 16.2 Å². The molecule has 2 rings (SSSR count). The summed E-state index contributed by atoms with van der Waals surface area (Å²) in [7, 11) is 0. The Kier molecular flexibility index (Phi) is 4.90. The number of nitrogens with two attached hydrogens (primary N) is 1. The number of benzene rings is 1. The van der Waals surface area contributed by atoms with E-state index in [-0.39, 0.29) is 24.5 Å². The fraction of sp³-hybridized carbons (Fsp3) is 0.467. The molecule has 0 amide bonds. The van der Waals surface area contributed by atoms with Gasteiger partial charge in [-0.25, -0.2) is 9.37 Å². The minimum absolute atomic E-state index is 0.0545. The Balaban J connectivity index is 2.41. The number of nitrogens with zero attached hydrogens (tertiary/aromatic N) is 2. The van der Waals surface area contributed by atoms with Gasteiger partial charge in [-0.2, -0.15) is 4.98 Å². The molecule has 21 heavy (non-hydrogen) atoms. The van der Waals surface area contributed by atoms with E-state index in [1.807, 2.05) is 6.92 Å². The quantitative estimate of drug-likeness (QED) is 0.762. The number of fused-ring (bicyclic) bond motifs is 1. The number of nitrogen functional groups attached to an aromatic ring is 1. The number of nitrogens with one attached hydrogen (secondary N) is 1. The predicted octanol–water partition coefficient (Wildman–Crippen LogP) is 2.56. The maximum atomic E-state index is 14.1. The lowest BCUT2D eigenvalue weighted by Gasteiger charge is -2.24. The molecule has 2 aromatic rings. The first kappa shape index (κ1) is 15.4. The average Bonchev–Trinajstić information content (AvgIpc) is 2.44. The molecular formula is C15H21FN4O. The second-order valence-electron chi connectivity index (χ2n) is 5.26. The summed E-state index contributed by atoms with van der Waals surface area (Å²) in [5, 5.41) is 13.0. The van der Waals surface area contributed by atoms with Gasteiger partial charge in [0.2, 0.25) is 5.95 Å². The third kappa shape index (κ3) is 3.39. The van der Waals surface area contributed by atoms with Crippen molar-refractivity contribution < 1.29 is 9.50 Å². The van der Waals surface area contributed by atoms with Crippen LogP contribution in [-0.4, -0.2) is 27.7 Å². The molecule has 2 atom stereocenters. The molecule has 1 aromatic heterocycles. The zero-order valence-corrected chi connectivity index (χ0v) is 12.3. The standard InChI is InChI=1S/C15H21FN4O/c1-3-5-9(2)12(8-21)18-14-13-10(16)6-4-7-11(13)19-15(17)20-14/h4,6-7,9,12,21H,3,5,8H2,1-2H3,(H3,17,18,19,20)/t9-,12+/m1/s1. The van der Waals surface area contributed by atoms with E-state index in [0.717, 1.165) is 12.8 Å². The summed E-state index contributed by atoms with van der Waals surface area (Å²) in [6.45, 7) is 4.07. The van der Waals surface area contributed by atoms with E-state index in [1.165, 1.54) is 6.07 Å². The Morgan fingerprint density at radius 3 is 2.81 bits per heavy atom. The van der Waals surface area contributed by atoms with Gasteiger partial charge in [-0.05, 0) is 24.5 Å². The summed E-state index contributed by atoms with van der Waals surface area (Å²) in [4.78, 5) is 8.13. The minimum Gasteiger partial charge on any atom is -0.394 e. The van der Waals surface area contributed by atoms with E-state index in [1.54, 1.807) is 12.1 Å². The maximum Gasteiger partial charge on any atom is 0.222 e. The monoisotopic (exact) mass is 292 g/mol. The van der Waals surface area contributed by atoms with Gasteiger partial charge >= 0.3 is 0 Å². The van der Waals surface area contributed by atoms with E-state index in [4.69, 9.17) is 5.73 Å². The van der Waals surface area contributed by atoms with Crippen LogP contribution in [0.2, 0.25) is 0 Å². The SMILES string of the molecule is CCC[C@@H](C)[C@H](CO)Nc1nc(N)nc2cccc(F)c12. The highest BCUT2D eigenvalue weighted by molar-refractivity contribution is 5.90. The molecule has 114 valence electrons. The van der Waals surface area contributed by atoms with Crippen molar-refractivity contribution in [1.82, 2.24) is 9.97 Å². The number of anilines is 2. The van der Waals surface area contributed by atoms with Gasteiger partial charge in [-0.3, -0.25) is 0 Å². The Bertz CT molecular complexity index is 620. The topological polar surface area (TPSA) is 84.1 Å². The van der Waals surface area contributed by atoms with E-state index >= 15 is 0 Å². The molecule has 0 saturated heterocycles. The van der Waals surface area contributed by atoms with Crippen molar-refractivity contribution in [2.75, 3.05) is 17.7 Å². The van der Waals surface area contributed by atoms with E-state index in [9.17, 15) is 9.50 Å². The molecule has 0 aliphatic carbocycles. The Hall–Kier alpha value is -1.95. The van der Waals surface area contributed by atoms with Gasteiger partial charge in [0.05, 0.1) is 23.6 Å².